The largest absolute Gasteiger partial charge is 0.341 e. The molecule has 29 heavy (non-hydrogen) atoms. The molecule has 8 heteroatoms. The van der Waals surface area contributed by atoms with Crippen LogP contribution in [0.25, 0.3) is 0 Å². The Bertz CT molecular complexity index is 885. The van der Waals surface area contributed by atoms with Crippen LogP contribution in [0.2, 0.25) is 0 Å². The number of aryl methyl sites for hydroxylation is 1. The fraction of sp³-hybridized carbons (Fsp3) is 0.476. The Hall–Kier alpha value is -2.38. The molecule has 1 saturated carbocycles. The van der Waals surface area contributed by atoms with E-state index < -0.39 is 5.54 Å². The number of benzene rings is 1. The van der Waals surface area contributed by atoms with Crippen LogP contribution in [0.4, 0.5) is 5.82 Å². The zero-order valence-electron chi connectivity index (χ0n) is 16.6. The third-order valence-corrected chi connectivity index (χ3v) is 6.07. The number of carbonyl (C=O) groups excluding carboxylic acids is 2. The van der Waals surface area contributed by atoms with Crippen LogP contribution in [-0.2, 0) is 4.79 Å². The van der Waals surface area contributed by atoms with Gasteiger partial charge < -0.3 is 16.0 Å². The molecule has 2 heterocycles. The van der Waals surface area contributed by atoms with Crippen molar-refractivity contribution in [2.24, 2.45) is 5.73 Å². The molecule has 7 nitrogen and oxygen atoms in total. The lowest BCUT2D eigenvalue weighted by Gasteiger charge is -2.42. The number of hydrogen-bond donors (Lipinski definition) is 2. The molecular weight excluding hydrogens is 390 g/mol. The number of halogens is 1. The monoisotopic (exact) mass is 417 g/mol. The van der Waals surface area contributed by atoms with Crippen molar-refractivity contribution in [3.8, 4) is 0 Å². The van der Waals surface area contributed by atoms with Crippen molar-refractivity contribution in [3.05, 3.63) is 47.7 Å². The first kappa shape index (κ1) is 21.3. The number of aromatic nitrogens is 2. The Morgan fingerprint density at radius 1 is 1.17 bits per heavy atom. The summed E-state index contributed by atoms with van der Waals surface area (Å²) in [7, 11) is 0. The maximum absolute atomic E-state index is 12.6. The topological polar surface area (TPSA) is 93.2 Å². The van der Waals surface area contributed by atoms with E-state index in [1.165, 1.54) is 0 Å². The molecule has 1 saturated heterocycles. The molecule has 2 aliphatic rings. The van der Waals surface area contributed by atoms with Crippen LogP contribution in [-0.4, -0.2) is 45.1 Å². The summed E-state index contributed by atoms with van der Waals surface area (Å²) in [5.41, 5.74) is 7.15. The molecule has 0 unspecified atom stereocenters. The van der Waals surface area contributed by atoms with Gasteiger partial charge in [0.15, 0.2) is 0 Å². The third-order valence-electron chi connectivity index (χ3n) is 6.07. The van der Waals surface area contributed by atoms with Crippen molar-refractivity contribution in [1.82, 2.24) is 14.7 Å². The van der Waals surface area contributed by atoms with Crippen LogP contribution in [0.3, 0.4) is 0 Å². The number of hydrogen-bond acceptors (Lipinski definition) is 4. The number of carbonyl (C=O) groups is 2. The van der Waals surface area contributed by atoms with Gasteiger partial charge in [-0.05, 0) is 50.7 Å². The van der Waals surface area contributed by atoms with Gasteiger partial charge in [-0.3, -0.25) is 9.59 Å². The summed E-state index contributed by atoms with van der Waals surface area (Å²) >= 11 is 0. The fourth-order valence-electron chi connectivity index (χ4n) is 4.12. The second-order valence-corrected chi connectivity index (χ2v) is 7.96. The highest BCUT2D eigenvalue weighted by Gasteiger charge is 2.43. The zero-order valence-corrected chi connectivity index (χ0v) is 17.5. The summed E-state index contributed by atoms with van der Waals surface area (Å²) in [4.78, 5) is 27.2. The quantitative estimate of drug-likeness (QED) is 0.799. The smallest absolute Gasteiger partial charge is 0.257 e. The van der Waals surface area contributed by atoms with Gasteiger partial charge in [0.25, 0.3) is 5.91 Å². The second-order valence-electron chi connectivity index (χ2n) is 7.96. The first-order chi connectivity index (χ1) is 13.5. The van der Waals surface area contributed by atoms with E-state index in [-0.39, 0.29) is 30.3 Å². The zero-order chi connectivity index (χ0) is 19.7. The molecule has 0 radical (unpaired) electrons. The van der Waals surface area contributed by atoms with Gasteiger partial charge in [0.2, 0.25) is 5.91 Å². The van der Waals surface area contributed by atoms with Gasteiger partial charge >= 0.3 is 0 Å². The summed E-state index contributed by atoms with van der Waals surface area (Å²) in [6.07, 6.45) is 5.93. The number of amides is 2. The average Bonchev–Trinajstić information content (AvgIpc) is 3.14. The van der Waals surface area contributed by atoms with Crippen LogP contribution in [0, 0.1) is 6.92 Å². The highest BCUT2D eigenvalue weighted by molar-refractivity contribution is 6.04. The van der Waals surface area contributed by atoms with E-state index in [4.69, 9.17) is 5.73 Å². The van der Waals surface area contributed by atoms with E-state index in [1.54, 1.807) is 6.20 Å². The Morgan fingerprint density at radius 2 is 1.86 bits per heavy atom. The second kappa shape index (κ2) is 8.55. The first-order valence-corrected chi connectivity index (χ1v) is 9.97. The Morgan fingerprint density at radius 3 is 2.48 bits per heavy atom. The van der Waals surface area contributed by atoms with Crippen LogP contribution in [0.5, 0.6) is 0 Å². The molecule has 2 aromatic rings. The number of likely N-dealkylation sites (tertiary alicyclic amines) is 1. The fourth-order valence-corrected chi connectivity index (χ4v) is 4.12. The summed E-state index contributed by atoms with van der Waals surface area (Å²) in [6, 6.07) is 9.49. The first-order valence-electron chi connectivity index (χ1n) is 9.97. The molecule has 0 spiro atoms. The number of nitrogens with two attached hydrogens (primary N) is 1. The third kappa shape index (κ3) is 4.16. The van der Waals surface area contributed by atoms with Crippen molar-refractivity contribution in [3.63, 3.8) is 0 Å². The van der Waals surface area contributed by atoms with Crippen LogP contribution >= 0.6 is 12.4 Å². The molecule has 4 rings (SSSR count). The van der Waals surface area contributed by atoms with Crippen molar-refractivity contribution in [1.29, 1.82) is 0 Å². The highest BCUT2D eigenvalue weighted by atomic mass is 35.5. The number of nitrogens with one attached hydrogen (secondary N) is 1. The molecule has 2 amide bonds. The lowest BCUT2D eigenvalue weighted by atomic mass is 9.76. The van der Waals surface area contributed by atoms with Gasteiger partial charge in [0, 0.05) is 24.7 Å². The predicted molar refractivity (Wildman–Crippen MR) is 114 cm³/mol. The molecular formula is C21H28ClN5O2. The minimum atomic E-state index is -0.634. The molecule has 1 aliphatic heterocycles. The summed E-state index contributed by atoms with van der Waals surface area (Å²) in [6.45, 7) is 3.27. The van der Waals surface area contributed by atoms with E-state index in [2.05, 4.69) is 10.4 Å². The van der Waals surface area contributed by atoms with Crippen LogP contribution < -0.4 is 11.1 Å². The minimum absolute atomic E-state index is 0. The molecule has 156 valence electrons. The average molecular weight is 418 g/mol. The van der Waals surface area contributed by atoms with E-state index in [9.17, 15) is 9.59 Å². The van der Waals surface area contributed by atoms with E-state index in [0.717, 1.165) is 37.7 Å². The van der Waals surface area contributed by atoms with Crippen molar-refractivity contribution in [2.75, 3.05) is 18.4 Å². The van der Waals surface area contributed by atoms with Gasteiger partial charge in [-0.25, -0.2) is 4.68 Å². The summed E-state index contributed by atoms with van der Waals surface area (Å²) in [5, 5.41) is 7.41. The van der Waals surface area contributed by atoms with Gasteiger partial charge in [0.05, 0.1) is 17.8 Å². The van der Waals surface area contributed by atoms with Crippen molar-refractivity contribution in [2.45, 2.75) is 50.6 Å². The number of anilines is 1. The van der Waals surface area contributed by atoms with Gasteiger partial charge in [-0.15, -0.1) is 12.4 Å². The Kier molecular flexibility index (Phi) is 6.29. The highest BCUT2D eigenvalue weighted by Crippen LogP contribution is 2.33. The summed E-state index contributed by atoms with van der Waals surface area (Å²) < 4.78 is 1.87. The standard InChI is InChI=1S/C21H27N5O2.ClH/c1-15-5-2-3-6-17(15)19(27)24-18-7-12-23-26(18)16-8-13-25(14-9-16)20(28)21(22)10-4-11-21;/h2-3,5-7,12,16H,4,8-11,13-14,22H2,1H3,(H,24,27);1H. The van der Waals surface area contributed by atoms with Gasteiger partial charge in [-0.1, -0.05) is 18.2 Å². The van der Waals surface area contributed by atoms with Crippen LogP contribution in [0.15, 0.2) is 36.5 Å². The molecule has 1 aromatic carbocycles. The molecule has 0 bridgehead atoms. The molecule has 1 aliphatic carbocycles. The maximum Gasteiger partial charge on any atom is 0.257 e. The number of nitrogens with zero attached hydrogens (tertiary/aromatic N) is 3. The summed E-state index contributed by atoms with van der Waals surface area (Å²) in [5.74, 6) is 0.639. The van der Waals surface area contributed by atoms with Crippen molar-refractivity contribution >= 4 is 30.0 Å². The van der Waals surface area contributed by atoms with Crippen LogP contribution in [0.1, 0.15) is 54.1 Å². The van der Waals surface area contributed by atoms with Crippen molar-refractivity contribution < 1.29 is 9.59 Å². The van der Waals surface area contributed by atoms with Gasteiger partial charge in [0.1, 0.15) is 5.82 Å². The molecule has 2 fully saturated rings. The predicted octanol–water partition coefficient (Wildman–Crippen LogP) is 2.91. The van der Waals surface area contributed by atoms with E-state index in [0.29, 0.717) is 24.5 Å². The number of piperidine rings is 1. The molecule has 0 atom stereocenters. The van der Waals surface area contributed by atoms with E-state index in [1.807, 2.05) is 46.8 Å². The Labute approximate surface area is 177 Å². The Balaban J connectivity index is 0.00000240. The normalized spacial score (nSPS) is 18.5. The maximum atomic E-state index is 12.6. The lowest BCUT2D eigenvalue weighted by molar-refractivity contribution is -0.141. The molecule has 3 N–H and O–H groups in total. The van der Waals surface area contributed by atoms with Gasteiger partial charge in [-0.2, -0.15) is 5.10 Å². The molecule has 1 aromatic heterocycles. The number of rotatable bonds is 4. The minimum Gasteiger partial charge on any atom is -0.341 e. The SMILES string of the molecule is Cc1ccccc1C(=O)Nc1ccnn1C1CCN(C(=O)C2(N)CCC2)CC1.Cl. The van der Waals surface area contributed by atoms with E-state index >= 15 is 0 Å². The lowest BCUT2D eigenvalue weighted by Crippen LogP contribution is -2.60.